The fraction of sp³-hybridized carbons (Fsp3) is 0.250. The van der Waals surface area contributed by atoms with E-state index in [2.05, 4.69) is 4.72 Å². The summed E-state index contributed by atoms with van der Waals surface area (Å²) in [4.78, 5) is 0.714. The summed E-state index contributed by atoms with van der Waals surface area (Å²) in [6.07, 6.45) is 0.470. The molecule has 2 aromatic carbocycles. The first-order chi connectivity index (χ1) is 10.6. The van der Waals surface area contributed by atoms with E-state index in [1.807, 2.05) is 48.5 Å². The van der Waals surface area contributed by atoms with Gasteiger partial charge in [-0.25, -0.2) is 13.1 Å². The van der Waals surface area contributed by atoms with Crippen LogP contribution in [0.1, 0.15) is 5.56 Å². The third-order valence-corrected chi connectivity index (χ3v) is 5.88. The third-order valence-electron chi connectivity index (χ3n) is 3.12. The Labute approximate surface area is 134 Å². The molecule has 118 valence electrons. The highest BCUT2D eigenvalue weighted by atomic mass is 32.2. The molecule has 0 fully saturated rings. The SMILES string of the molecule is O=[S@](CCNS(=O)(=O)CCc1ccccc1)c1ccccc1. The quantitative estimate of drug-likeness (QED) is 0.801. The molecule has 0 aromatic heterocycles. The summed E-state index contributed by atoms with van der Waals surface area (Å²) in [5.41, 5.74) is 0.987. The first kappa shape index (κ1) is 16.9. The van der Waals surface area contributed by atoms with E-state index in [1.165, 1.54) is 0 Å². The van der Waals surface area contributed by atoms with Crippen molar-refractivity contribution in [2.24, 2.45) is 0 Å². The fourth-order valence-corrected chi connectivity index (χ4v) is 4.12. The maximum atomic E-state index is 12.0. The Kier molecular flexibility index (Phi) is 6.30. The van der Waals surface area contributed by atoms with Gasteiger partial charge in [0.2, 0.25) is 10.0 Å². The van der Waals surface area contributed by atoms with Gasteiger partial charge in [-0.05, 0) is 24.1 Å². The minimum atomic E-state index is -3.34. The summed E-state index contributed by atoms with van der Waals surface area (Å²) in [5, 5.41) is 0. The molecule has 0 bridgehead atoms. The van der Waals surface area contributed by atoms with E-state index in [9.17, 15) is 12.6 Å². The minimum absolute atomic E-state index is 0.0367. The van der Waals surface area contributed by atoms with Crippen LogP contribution in [0.4, 0.5) is 0 Å². The summed E-state index contributed by atoms with van der Waals surface area (Å²) in [6.45, 7) is 0.179. The van der Waals surface area contributed by atoms with E-state index in [0.29, 0.717) is 11.3 Å². The van der Waals surface area contributed by atoms with E-state index in [0.717, 1.165) is 5.56 Å². The van der Waals surface area contributed by atoms with Gasteiger partial charge in [-0.3, -0.25) is 4.21 Å². The second kappa shape index (κ2) is 8.22. The van der Waals surface area contributed by atoms with Gasteiger partial charge >= 0.3 is 0 Å². The molecule has 0 aliphatic heterocycles. The Morgan fingerprint density at radius 1 is 0.909 bits per heavy atom. The van der Waals surface area contributed by atoms with E-state index in [4.69, 9.17) is 0 Å². The minimum Gasteiger partial charge on any atom is -0.254 e. The van der Waals surface area contributed by atoms with Gasteiger partial charge in [0, 0.05) is 17.2 Å². The van der Waals surface area contributed by atoms with Gasteiger partial charge < -0.3 is 0 Å². The largest absolute Gasteiger partial charge is 0.254 e. The van der Waals surface area contributed by atoms with Gasteiger partial charge in [0.1, 0.15) is 0 Å². The van der Waals surface area contributed by atoms with Crippen molar-refractivity contribution in [1.82, 2.24) is 4.72 Å². The molecule has 0 saturated heterocycles. The highest BCUT2D eigenvalue weighted by molar-refractivity contribution is 7.89. The number of sulfonamides is 1. The molecule has 0 aliphatic carbocycles. The lowest BCUT2D eigenvalue weighted by molar-refractivity contribution is 0.583. The van der Waals surface area contributed by atoms with Gasteiger partial charge in [-0.2, -0.15) is 0 Å². The molecule has 2 rings (SSSR count). The van der Waals surface area contributed by atoms with Crippen molar-refractivity contribution >= 4 is 20.8 Å². The van der Waals surface area contributed by atoms with Gasteiger partial charge in [-0.1, -0.05) is 48.5 Å². The van der Waals surface area contributed by atoms with Crippen LogP contribution in [0.3, 0.4) is 0 Å². The number of nitrogens with one attached hydrogen (secondary N) is 1. The van der Waals surface area contributed by atoms with Crippen LogP contribution in [-0.2, 0) is 27.2 Å². The smallest absolute Gasteiger partial charge is 0.211 e. The number of benzene rings is 2. The van der Waals surface area contributed by atoms with Crippen molar-refractivity contribution in [2.45, 2.75) is 11.3 Å². The van der Waals surface area contributed by atoms with Crippen molar-refractivity contribution in [3.8, 4) is 0 Å². The molecular weight excluding hydrogens is 318 g/mol. The Bertz CT molecular complexity index is 701. The molecule has 0 saturated carbocycles. The van der Waals surface area contributed by atoms with Crippen LogP contribution in [-0.4, -0.2) is 30.7 Å². The molecular formula is C16H19NO3S2. The Balaban J connectivity index is 1.77. The molecule has 1 N–H and O–H groups in total. The van der Waals surface area contributed by atoms with Crippen LogP contribution >= 0.6 is 0 Å². The van der Waals surface area contributed by atoms with Crippen molar-refractivity contribution in [1.29, 1.82) is 0 Å². The van der Waals surface area contributed by atoms with Crippen LogP contribution < -0.4 is 4.72 Å². The average Bonchev–Trinajstić information content (AvgIpc) is 2.55. The second-order valence-electron chi connectivity index (χ2n) is 4.81. The van der Waals surface area contributed by atoms with E-state index < -0.39 is 20.8 Å². The normalized spacial score (nSPS) is 12.9. The highest BCUT2D eigenvalue weighted by Crippen LogP contribution is 2.05. The van der Waals surface area contributed by atoms with Crippen LogP contribution in [0.5, 0.6) is 0 Å². The summed E-state index contributed by atoms with van der Waals surface area (Å²) >= 11 is 0. The molecule has 0 unspecified atom stereocenters. The van der Waals surface area contributed by atoms with Gasteiger partial charge in [0.15, 0.2) is 0 Å². The highest BCUT2D eigenvalue weighted by Gasteiger charge is 2.11. The molecule has 6 heteroatoms. The lowest BCUT2D eigenvalue weighted by Crippen LogP contribution is -2.30. The molecule has 0 spiro atoms. The Morgan fingerprint density at radius 3 is 2.14 bits per heavy atom. The predicted octanol–water partition coefficient (Wildman–Crippen LogP) is 1.96. The zero-order valence-electron chi connectivity index (χ0n) is 12.1. The van der Waals surface area contributed by atoms with Crippen LogP contribution in [0.15, 0.2) is 65.6 Å². The number of aryl methyl sites for hydroxylation is 1. The lowest BCUT2D eigenvalue weighted by Gasteiger charge is -2.07. The summed E-state index contributed by atoms with van der Waals surface area (Å²) in [7, 11) is -4.53. The monoisotopic (exact) mass is 337 g/mol. The number of rotatable bonds is 8. The molecule has 2 aromatic rings. The molecule has 0 aliphatic rings. The third kappa shape index (κ3) is 5.71. The zero-order valence-corrected chi connectivity index (χ0v) is 13.8. The van der Waals surface area contributed by atoms with Gasteiger partial charge in [0.05, 0.1) is 16.6 Å². The molecule has 4 nitrogen and oxygen atoms in total. The first-order valence-electron chi connectivity index (χ1n) is 7.01. The van der Waals surface area contributed by atoms with E-state index in [1.54, 1.807) is 12.1 Å². The average molecular weight is 337 g/mol. The molecule has 0 radical (unpaired) electrons. The van der Waals surface area contributed by atoms with Crippen molar-refractivity contribution in [3.63, 3.8) is 0 Å². The summed E-state index contributed by atoms with van der Waals surface area (Å²) < 4.78 is 38.3. The number of hydrogen-bond acceptors (Lipinski definition) is 3. The van der Waals surface area contributed by atoms with Crippen molar-refractivity contribution in [3.05, 3.63) is 66.2 Å². The van der Waals surface area contributed by atoms with Crippen LogP contribution in [0.25, 0.3) is 0 Å². The lowest BCUT2D eigenvalue weighted by atomic mass is 10.2. The van der Waals surface area contributed by atoms with Gasteiger partial charge in [0.25, 0.3) is 0 Å². The van der Waals surface area contributed by atoms with Crippen molar-refractivity contribution < 1.29 is 12.6 Å². The van der Waals surface area contributed by atoms with Crippen LogP contribution in [0, 0.1) is 0 Å². The summed E-state index contributed by atoms with van der Waals surface area (Å²) in [6, 6.07) is 18.5. The molecule has 22 heavy (non-hydrogen) atoms. The maximum absolute atomic E-state index is 12.0. The standard InChI is InChI=1S/C16H19NO3S2/c18-21(16-9-5-2-6-10-16)13-12-17-22(19,20)14-11-15-7-3-1-4-8-15/h1-10,17H,11-14H2/t21-/m1/s1. The van der Waals surface area contributed by atoms with E-state index >= 15 is 0 Å². The zero-order chi connectivity index (χ0) is 15.8. The molecule has 0 amide bonds. The maximum Gasteiger partial charge on any atom is 0.211 e. The molecule has 0 heterocycles. The van der Waals surface area contributed by atoms with Crippen LogP contribution in [0.2, 0.25) is 0 Å². The van der Waals surface area contributed by atoms with Gasteiger partial charge in [-0.15, -0.1) is 0 Å². The van der Waals surface area contributed by atoms with E-state index in [-0.39, 0.29) is 18.1 Å². The molecule has 1 atom stereocenters. The second-order valence-corrected chi connectivity index (χ2v) is 8.31. The van der Waals surface area contributed by atoms with Crippen molar-refractivity contribution in [2.75, 3.05) is 18.1 Å². The number of hydrogen-bond donors (Lipinski definition) is 1. The summed E-state index contributed by atoms with van der Waals surface area (Å²) in [5.74, 6) is 0.309. The first-order valence-corrected chi connectivity index (χ1v) is 9.99. The Hall–Kier alpha value is -1.50. The predicted molar refractivity (Wildman–Crippen MR) is 89.7 cm³/mol. The fourth-order valence-electron chi connectivity index (χ4n) is 1.95. The topological polar surface area (TPSA) is 63.2 Å². The Morgan fingerprint density at radius 2 is 1.50 bits per heavy atom.